The molecule has 2 amide bonds. The van der Waals surface area contributed by atoms with Gasteiger partial charge in [-0.05, 0) is 30.7 Å². The van der Waals surface area contributed by atoms with Crippen molar-refractivity contribution in [3.63, 3.8) is 0 Å². The molecule has 0 spiro atoms. The Hall–Kier alpha value is -1.62. The van der Waals surface area contributed by atoms with E-state index in [1.807, 2.05) is 19.1 Å². The lowest BCUT2D eigenvalue weighted by Crippen LogP contribution is -2.34. The average Bonchev–Trinajstić information content (AvgIpc) is 2.36. The van der Waals surface area contributed by atoms with Crippen LogP contribution in [0.5, 0.6) is 0 Å². The van der Waals surface area contributed by atoms with Gasteiger partial charge in [0.2, 0.25) is 5.91 Å². The van der Waals surface area contributed by atoms with E-state index < -0.39 is 0 Å². The molecule has 0 atom stereocenters. The third kappa shape index (κ3) is 4.33. The molecule has 0 unspecified atom stereocenters. The zero-order valence-electron chi connectivity index (χ0n) is 10.1. The van der Waals surface area contributed by atoms with Crippen molar-refractivity contribution >= 4 is 27.7 Å². The number of hydrogen-bond acceptors (Lipinski definition) is 2. The molecule has 2 N–H and O–H groups in total. The number of carbonyl (C=O) groups is 2. The number of benzene rings is 1. The Bertz CT molecular complexity index is 472. The van der Waals surface area contributed by atoms with Gasteiger partial charge in [0, 0.05) is 23.1 Å². The van der Waals surface area contributed by atoms with Gasteiger partial charge in [-0.25, -0.2) is 0 Å². The topological polar surface area (TPSA) is 58.2 Å². The first-order valence-electron chi connectivity index (χ1n) is 5.49. The molecule has 0 saturated heterocycles. The summed E-state index contributed by atoms with van der Waals surface area (Å²) in [6, 6.07) is 5.53. The zero-order chi connectivity index (χ0) is 13.5. The second-order valence-corrected chi connectivity index (χ2v) is 4.63. The van der Waals surface area contributed by atoms with Crippen LogP contribution in [0.25, 0.3) is 0 Å². The van der Waals surface area contributed by atoms with Gasteiger partial charge in [-0.2, -0.15) is 0 Å². The molecule has 96 valence electrons. The van der Waals surface area contributed by atoms with Crippen molar-refractivity contribution in [2.24, 2.45) is 0 Å². The van der Waals surface area contributed by atoms with Crippen LogP contribution in [0.15, 0.2) is 35.3 Å². The molecule has 0 aliphatic heterocycles. The normalized spacial score (nSPS) is 9.67. The van der Waals surface area contributed by atoms with E-state index in [2.05, 4.69) is 33.1 Å². The summed E-state index contributed by atoms with van der Waals surface area (Å²) in [6.45, 7) is 5.97. The van der Waals surface area contributed by atoms with Crippen LogP contribution >= 0.6 is 15.9 Å². The smallest absolute Gasteiger partial charge is 0.251 e. The molecule has 0 heterocycles. The van der Waals surface area contributed by atoms with Crippen LogP contribution in [0.2, 0.25) is 0 Å². The molecule has 5 heteroatoms. The van der Waals surface area contributed by atoms with Crippen LogP contribution in [0.3, 0.4) is 0 Å². The van der Waals surface area contributed by atoms with Crippen LogP contribution < -0.4 is 10.6 Å². The van der Waals surface area contributed by atoms with E-state index in [1.54, 1.807) is 6.07 Å². The molecule has 0 radical (unpaired) electrons. The van der Waals surface area contributed by atoms with E-state index in [1.165, 1.54) is 6.08 Å². The summed E-state index contributed by atoms with van der Waals surface area (Å²) < 4.78 is 0.859. The van der Waals surface area contributed by atoms with Crippen molar-refractivity contribution in [3.05, 3.63) is 46.5 Å². The summed E-state index contributed by atoms with van der Waals surface area (Å²) in [5.41, 5.74) is 1.53. The standard InChI is InChI=1S/C13H15BrN2O2/c1-3-12(17)15-6-7-16-13(18)11-8-10(14)5-4-9(11)2/h3-5,8H,1,6-7H2,2H3,(H,15,17)(H,16,18). The van der Waals surface area contributed by atoms with E-state index in [9.17, 15) is 9.59 Å². The summed E-state index contributed by atoms with van der Waals surface area (Å²) in [4.78, 5) is 22.7. The number of amides is 2. The van der Waals surface area contributed by atoms with Gasteiger partial charge in [0.1, 0.15) is 0 Å². The minimum absolute atomic E-state index is 0.151. The molecule has 1 rings (SSSR count). The van der Waals surface area contributed by atoms with Gasteiger partial charge in [-0.15, -0.1) is 0 Å². The fourth-order valence-electron chi connectivity index (χ4n) is 1.37. The highest BCUT2D eigenvalue weighted by Crippen LogP contribution is 2.15. The number of carbonyl (C=O) groups excluding carboxylic acids is 2. The van der Waals surface area contributed by atoms with Gasteiger partial charge in [0.15, 0.2) is 0 Å². The van der Waals surface area contributed by atoms with Gasteiger partial charge in [-0.1, -0.05) is 28.6 Å². The van der Waals surface area contributed by atoms with E-state index >= 15 is 0 Å². The zero-order valence-corrected chi connectivity index (χ0v) is 11.7. The lowest BCUT2D eigenvalue weighted by atomic mass is 10.1. The van der Waals surface area contributed by atoms with Crippen molar-refractivity contribution < 1.29 is 9.59 Å². The van der Waals surface area contributed by atoms with Crippen LogP contribution in [0.4, 0.5) is 0 Å². The summed E-state index contributed by atoms with van der Waals surface area (Å²) in [5, 5.41) is 5.32. The molecule has 4 nitrogen and oxygen atoms in total. The minimum Gasteiger partial charge on any atom is -0.351 e. The molecule has 1 aromatic carbocycles. The number of rotatable bonds is 5. The lowest BCUT2D eigenvalue weighted by molar-refractivity contribution is -0.116. The molecule has 0 aliphatic carbocycles. The Morgan fingerprint density at radius 1 is 1.33 bits per heavy atom. The van der Waals surface area contributed by atoms with E-state index in [-0.39, 0.29) is 11.8 Å². The number of aryl methyl sites for hydroxylation is 1. The Kier molecular flexibility index (Phi) is 5.58. The molecule has 0 saturated carbocycles. The Balaban J connectivity index is 2.48. The van der Waals surface area contributed by atoms with E-state index in [0.29, 0.717) is 18.7 Å². The van der Waals surface area contributed by atoms with Gasteiger partial charge < -0.3 is 10.6 Å². The highest BCUT2D eigenvalue weighted by atomic mass is 79.9. The molecular formula is C13H15BrN2O2. The summed E-state index contributed by atoms with van der Waals surface area (Å²) in [7, 11) is 0. The summed E-state index contributed by atoms with van der Waals surface area (Å²) in [6.07, 6.45) is 1.19. The van der Waals surface area contributed by atoms with Gasteiger partial charge >= 0.3 is 0 Å². The predicted molar refractivity (Wildman–Crippen MR) is 74.4 cm³/mol. The molecule has 18 heavy (non-hydrogen) atoms. The third-order valence-electron chi connectivity index (χ3n) is 2.34. The predicted octanol–water partition coefficient (Wildman–Crippen LogP) is 1.79. The molecule has 0 fully saturated rings. The van der Waals surface area contributed by atoms with Gasteiger partial charge in [0.25, 0.3) is 5.91 Å². The fraction of sp³-hybridized carbons (Fsp3) is 0.231. The van der Waals surface area contributed by atoms with Crippen LogP contribution in [0, 0.1) is 6.92 Å². The van der Waals surface area contributed by atoms with Crippen LogP contribution in [-0.2, 0) is 4.79 Å². The first-order valence-corrected chi connectivity index (χ1v) is 6.28. The van der Waals surface area contributed by atoms with Gasteiger partial charge in [-0.3, -0.25) is 9.59 Å². The molecule has 0 aromatic heterocycles. The van der Waals surface area contributed by atoms with Crippen molar-refractivity contribution in [1.82, 2.24) is 10.6 Å². The van der Waals surface area contributed by atoms with E-state index in [0.717, 1.165) is 10.0 Å². The maximum absolute atomic E-state index is 11.9. The first kappa shape index (κ1) is 14.4. The summed E-state index contributed by atoms with van der Waals surface area (Å²) >= 11 is 3.33. The Morgan fingerprint density at radius 2 is 2.00 bits per heavy atom. The van der Waals surface area contributed by atoms with Crippen molar-refractivity contribution in [2.45, 2.75) is 6.92 Å². The van der Waals surface area contributed by atoms with Crippen LogP contribution in [-0.4, -0.2) is 24.9 Å². The van der Waals surface area contributed by atoms with E-state index in [4.69, 9.17) is 0 Å². The summed E-state index contributed by atoms with van der Waals surface area (Å²) in [5.74, 6) is -0.399. The molecule has 1 aromatic rings. The second-order valence-electron chi connectivity index (χ2n) is 3.71. The molecular weight excluding hydrogens is 296 g/mol. The number of hydrogen-bond donors (Lipinski definition) is 2. The number of nitrogens with one attached hydrogen (secondary N) is 2. The van der Waals surface area contributed by atoms with Crippen molar-refractivity contribution in [2.75, 3.05) is 13.1 Å². The van der Waals surface area contributed by atoms with Crippen molar-refractivity contribution in [3.8, 4) is 0 Å². The lowest BCUT2D eigenvalue weighted by Gasteiger charge is -2.08. The largest absolute Gasteiger partial charge is 0.351 e. The SMILES string of the molecule is C=CC(=O)NCCNC(=O)c1cc(Br)ccc1C. The molecule has 0 aliphatic rings. The number of halogens is 1. The highest BCUT2D eigenvalue weighted by molar-refractivity contribution is 9.10. The minimum atomic E-state index is -0.247. The third-order valence-corrected chi connectivity index (χ3v) is 2.83. The Morgan fingerprint density at radius 3 is 2.67 bits per heavy atom. The Labute approximate surface area is 115 Å². The first-order chi connectivity index (χ1) is 8.54. The molecule has 0 bridgehead atoms. The fourth-order valence-corrected chi connectivity index (χ4v) is 1.73. The van der Waals surface area contributed by atoms with Crippen LogP contribution in [0.1, 0.15) is 15.9 Å². The average molecular weight is 311 g/mol. The second kappa shape index (κ2) is 6.96. The highest BCUT2D eigenvalue weighted by Gasteiger charge is 2.08. The maximum atomic E-state index is 11.9. The van der Waals surface area contributed by atoms with Crippen molar-refractivity contribution in [1.29, 1.82) is 0 Å². The quantitative estimate of drug-likeness (QED) is 0.643. The maximum Gasteiger partial charge on any atom is 0.251 e. The monoisotopic (exact) mass is 310 g/mol. The van der Waals surface area contributed by atoms with Gasteiger partial charge in [0.05, 0.1) is 0 Å².